The van der Waals surface area contributed by atoms with Crippen molar-refractivity contribution in [2.75, 3.05) is 0 Å². The van der Waals surface area contributed by atoms with Crippen LogP contribution in [0.25, 0.3) is 0 Å². The highest BCUT2D eigenvalue weighted by atomic mass is 32.1. The summed E-state index contributed by atoms with van der Waals surface area (Å²) in [6, 6.07) is 0. The summed E-state index contributed by atoms with van der Waals surface area (Å²) < 4.78 is 0. The molecule has 1 heterocycles. The van der Waals surface area contributed by atoms with Crippen molar-refractivity contribution in [1.29, 1.82) is 0 Å². The Labute approximate surface area is 89.5 Å². The van der Waals surface area contributed by atoms with Crippen LogP contribution in [0.3, 0.4) is 0 Å². The predicted molar refractivity (Wildman–Crippen MR) is 60.4 cm³/mol. The fourth-order valence-electron chi connectivity index (χ4n) is 2.16. The molecule has 1 saturated carbocycles. The Kier molecular flexibility index (Phi) is 2.88. The molecule has 3 heteroatoms. The van der Waals surface area contributed by atoms with E-state index in [0.29, 0.717) is 0 Å². The third-order valence-electron chi connectivity index (χ3n) is 3.04. The molecule has 0 radical (unpaired) electrons. The molecule has 1 aromatic heterocycles. The Hall–Kier alpha value is -0.410. The number of thiazole rings is 1. The van der Waals surface area contributed by atoms with Crippen molar-refractivity contribution in [2.24, 2.45) is 5.73 Å². The summed E-state index contributed by atoms with van der Waals surface area (Å²) in [6.07, 6.45) is 9.36. The van der Waals surface area contributed by atoms with Crippen molar-refractivity contribution >= 4 is 11.3 Å². The van der Waals surface area contributed by atoms with Crippen LogP contribution in [-0.4, -0.2) is 4.98 Å². The molecule has 0 bridgehead atoms. The molecule has 2 rings (SSSR count). The molecule has 14 heavy (non-hydrogen) atoms. The Morgan fingerprint density at radius 1 is 1.29 bits per heavy atom. The van der Waals surface area contributed by atoms with Gasteiger partial charge in [-0.15, -0.1) is 11.3 Å². The van der Waals surface area contributed by atoms with E-state index in [1.54, 1.807) is 11.3 Å². The van der Waals surface area contributed by atoms with E-state index < -0.39 is 0 Å². The zero-order chi connectivity index (χ0) is 10.0. The van der Waals surface area contributed by atoms with Crippen LogP contribution in [0.2, 0.25) is 0 Å². The fourth-order valence-corrected chi connectivity index (χ4v) is 3.08. The first kappa shape index (κ1) is 10.1. The summed E-state index contributed by atoms with van der Waals surface area (Å²) in [6.45, 7) is 2.10. The summed E-state index contributed by atoms with van der Waals surface area (Å²) in [5.41, 5.74) is 6.33. The number of nitrogens with zero attached hydrogens (tertiary/aromatic N) is 1. The van der Waals surface area contributed by atoms with Gasteiger partial charge in [0, 0.05) is 11.1 Å². The highest BCUT2D eigenvalue weighted by Crippen LogP contribution is 2.35. The number of hydrogen-bond acceptors (Lipinski definition) is 3. The fraction of sp³-hybridized carbons (Fsp3) is 0.727. The average Bonchev–Trinajstić information content (AvgIpc) is 2.47. The zero-order valence-electron chi connectivity index (χ0n) is 8.75. The second kappa shape index (κ2) is 3.99. The van der Waals surface area contributed by atoms with E-state index in [9.17, 15) is 0 Å². The molecular formula is C11H18N2S. The van der Waals surface area contributed by atoms with Gasteiger partial charge >= 0.3 is 0 Å². The minimum atomic E-state index is -0.116. The third kappa shape index (κ3) is 1.98. The maximum absolute atomic E-state index is 6.44. The molecule has 1 fully saturated rings. The molecule has 78 valence electrons. The van der Waals surface area contributed by atoms with Gasteiger partial charge in [0.15, 0.2) is 0 Å². The number of hydrogen-bond donors (Lipinski definition) is 1. The standard InChI is InChI=1S/C11H18N2S/c1-9-8-13-10(14-9)11(12)6-4-2-3-5-7-11/h8H,2-7,12H2,1H3. The van der Waals surface area contributed by atoms with Crippen LogP contribution in [0.1, 0.15) is 48.4 Å². The molecule has 2 N–H and O–H groups in total. The average molecular weight is 210 g/mol. The molecule has 0 aromatic carbocycles. The van der Waals surface area contributed by atoms with Gasteiger partial charge in [0.1, 0.15) is 5.01 Å². The lowest BCUT2D eigenvalue weighted by atomic mass is 9.92. The third-order valence-corrected chi connectivity index (χ3v) is 4.18. The molecule has 1 aromatic rings. The second-order valence-electron chi connectivity index (χ2n) is 4.35. The van der Waals surface area contributed by atoms with Crippen molar-refractivity contribution in [3.63, 3.8) is 0 Å². The first-order valence-corrected chi connectivity index (χ1v) is 6.24. The van der Waals surface area contributed by atoms with Crippen LogP contribution < -0.4 is 5.73 Å². The topological polar surface area (TPSA) is 38.9 Å². The van der Waals surface area contributed by atoms with E-state index in [1.165, 1.54) is 30.6 Å². The van der Waals surface area contributed by atoms with Crippen molar-refractivity contribution in [2.45, 2.75) is 51.0 Å². The number of nitrogens with two attached hydrogens (primary N) is 1. The summed E-state index contributed by atoms with van der Waals surface area (Å²) in [5.74, 6) is 0. The van der Waals surface area contributed by atoms with Gasteiger partial charge < -0.3 is 5.73 Å². The largest absolute Gasteiger partial charge is 0.319 e. The van der Waals surface area contributed by atoms with E-state index in [1.807, 2.05) is 6.20 Å². The van der Waals surface area contributed by atoms with Crippen LogP contribution >= 0.6 is 11.3 Å². The van der Waals surface area contributed by atoms with E-state index in [4.69, 9.17) is 5.73 Å². The highest BCUT2D eigenvalue weighted by Gasteiger charge is 2.30. The summed E-state index contributed by atoms with van der Waals surface area (Å²) >= 11 is 1.77. The Morgan fingerprint density at radius 2 is 1.93 bits per heavy atom. The molecule has 1 aliphatic rings. The second-order valence-corrected chi connectivity index (χ2v) is 5.58. The first-order valence-electron chi connectivity index (χ1n) is 5.42. The lowest BCUT2D eigenvalue weighted by molar-refractivity contribution is 0.384. The maximum atomic E-state index is 6.44. The molecule has 0 spiro atoms. The molecule has 0 aliphatic heterocycles. The van der Waals surface area contributed by atoms with Gasteiger partial charge in [0.25, 0.3) is 0 Å². The smallest absolute Gasteiger partial charge is 0.113 e. The lowest BCUT2D eigenvalue weighted by Crippen LogP contribution is -2.35. The molecule has 2 nitrogen and oxygen atoms in total. The SMILES string of the molecule is Cc1cnc(C2(N)CCCCCC2)s1. The predicted octanol–water partition coefficient (Wildman–Crippen LogP) is 2.96. The maximum Gasteiger partial charge on any atom is 0.113 e. The molecule has 1 aliphatic carbocycles. The number of rotatable bonds is 1. The van der Waals surface area contributed by atoms with Crippen LogP contribution in [0.5, 0.6) is 0 Å². The molecule has 0 unspecified atom stereocenters. The molecule has 0 atom stereocenters. The van der Waals surface area contributed by atoms with E-state index in [2.05, 4.69) is 11.9 Å². The minimum absolute atomic E-state index is 0.116. The van der Waals surface area contributed by atoms with Crippen molar-refractivity contribution in [3.05, 3.63) is 16.1 Å². The van der Waals surface area contributed by atoms with Gasteiger partial charge in [-0.3, -0.25) is 0 Å². The van der Waals surface area contributed by atoms with Crippen LogP contribution in [0.15, 0.2) is 6.20 Å². The van der Waals surface area contributed by atoms with Gasteiger partial charge in [-0.25, -0.2) is 4.98 Å². The van der Waals surface area contributed by atoms with Crippen molar-refractivity contribution in [3.8, 4) is 0 Å². The summed E-state index contributed by atoms with van der Waals surface area (Å²) in [7, 11) is 0. The van der Waals surface area contributed by atoms with Crippen LogP contribution in [0, 0.1) is 6.92 Å². The quantitative estimate of drug-likeness (QED) is 0.724. The van der Waals surface area contributed by atoms with E-state index >= 15 is 0 Å². The monoisotopic (exact) mass is 210 g/mol. The molecular weight excluding hydrogens is 192 g/mol. The van der Waals surface area contributed by atoms with E-state index in [0.717, 1.165) is 17.8 Å². The van der Waals surface area contributed by atoms with Crippen molar-refractivity contribution < 1.29 is 0 Å². The van der Waals surface area contributed by atoms with Gasteiger partial charge in [-0.2, -0.15) is 0 Å². The molecule has 0 amide bonds. The van der Waals surface area contributed by atoms with Crippen LogP contribution in [-0.2, 0) is 5.54 Å². The van der Waals surface area contributed by atoms with Crippen LogP contribution in [0.4, 0.5) is 0 Å². The summed E-state index contributed by atoms with van der Waals surface area (Å²) in [5, 5.41) is 1.15. The van der Waals surface area contributed by atoms with Gasteiger partial charge in [-0.05, 0) is 19.8 Å². The normalized spacial score (nSPS) is 21.9. The minimum Gasteiger partial charge on any atom is -0.319 e. The highest BCUT2D eigenvalue weighted by molar-refractivity contribution is 7.11. The van der Waals surface area contributed by atoms with E-state index in [-0.39, 0.29) is 5.54 Å². The molecule has 0 saturated heterocycles. The Morgan fingerprint density at radius 3 is 2.43 bits per heavy atom. The first-order chi connectivity index (χ1) is 6.71. The lowest BCUT2D eigenvalue weighted by Gasteiger charge is -2.25. The Balaban J connectivity index is 2.20. The Bertz CT molecular complexity index is 298. The number of aromatic nitrogens is 1. The van der Waals surface area contributed by atoms with Gasteiger partial charge in [0.2, 0.25) is 0 Å². The van der Waals surface area contributed by atoms with Crippen molar-refractivity contribution in [1.82, 2.24) is 4.98 Å². The zero-order valence-corrected chi connectivity index (χ0v) is 9.57. The van der Waals surface area contributed by atoms with Gasteiger partial charge in [0.05, 0.1) is 5.54 Å². The number of aryl methyl sites for hydroxylation is 1. The summed E-state index contributed by atoms with van der Waals surface area (Å²) in [4.78, 5) is 5.72. The van der Waals surface area contributed by atoms with Gasteiger partial charge in [-0.1, -0.05) is 25.7 Å².